The molecule has 5 rings (SSSR count). The maximum atomic E-state index is 14.8. The summed E-state index contributed by atoms with van der Waals surface area (Å²) < 4.78 is 34.5. The number of nitrogens with zero attached hydrogens (tertiary/aromatic N) is 3. The molecule has 0 spiro atoms. The number of carbonyl (C=O) groups excluding carboxylic acids is 2. The number of benzene rings is 2. The normalized spacial score (nSPS) is 10.7. The van der Waals surface area contributed by atoms with Crippen molar-refractivity contribution in [2.45, 2.75) is 6.54 Å². The van der Waals surface area contributed by atoms with E-state index in [0.29, 0.717) is 28.2 Å². The summed E-state index contributed by atoms with van der Waals surface area (Å²) in [6.07, 6.45) is 3.25. The summed E-state index contributed by atoms with van der Waals surface area (Å²) in [5, 5.41) is 10.1. The number of thiazole rings is 2. The topological polar surface area (TPSA) is 144 Å². The summed E-state index contributed by atoms with van der Waals surface area (Å²) in [4.78, 5) is 38.0. The molecule has 0 atom stereocenters. The number of carbonyl (C=O) groups is 2. The molecule has 3 heterocycles. The number of halogens is 2. The lowest BCUT2D eigenvalue weighted by Crippen LogP contribution is -2.28. The van der Waals surface area contributed by atoms with Gasteiger partial charge >= 0.3 is 6.03 Å². The highest BCUT2D eigenvalue weighted by molar-refractivity contribution is 7.23. The van der Waals surface area contributed by atoms with Crippen LogP contribution in [0.5, 0.6) is 5.75 Å². The lowest BCUT2D eigenvalue weighted by Gasteiger charge is -2.10. The van der Waals surface area contributed by atoms with Gasteiger partial charge in [-0.2, -0.15) is 0 Å². The molecular weight excluding hydrogens is 572 g/mol. The number of hydrogen-bond donors (Lipinski definition) is 4. The van der Waals surface area contributed by atoms with E-state index in [1.165, 1.54) is 30.6 Å². The molecule has 0 aliphatic carbocycles. The van der Waals surface area contributed by atoms with Crippen LogP contribution in [0.4, 0.5) is 30.2 Å². The zero-order valence-electron chi connectivity index (χ0n) is 21.3. The Kier molecular flexibility index (Phi) is 8.12. The monoisotopic (exact) mass is 593 g/mol. The number of aromatic nitrogens is 3. The number of anilines is 3. The molecule has 5 N–H and O–H groups in total. The third kappa shape index (κ3) is 6.45. The quantitative estimate of drug-likeness (QED) is 0.179. The molecule has 41 heavy (non-hydrogen) atoms. The number of ether oxygens (including phenoxy) is 1. The van der Waals surface area contributed by atoms with Crippen molar-refractivity contribution in [3.8, 4) is 26.9 Å². The van der Waals surface area contributed by atoms with E-state index in [4.69, 9.17) is 10.5 Å². The summed E-state index contributed by atoms with van der Waals surface area (Å²) >= 11 is 2.27. The van der Waals surface area contributed by atoms with E-state index >= 15 is 0 Å². The largest absolute Gasteiger partial charge is 0.497 e. The number of nitrogens with one attached hydrogen (secondary N) is 3. The third-order valence-electron chi connectivity index (χ3n) is 5.69. The highest BCUT2D eigenvalue weighted by atomic mass is 32.1. The standard InChI is InChI=1S/C27H21F2N7O3S2/c1-39-16-4-2-3-15(9-16)24(37)33-20-10-17(18(28)11-19(20)29)21-13-40-25(34-21)22-23(30)35-27(41-22)36-26(38)32-12-14-5-7-31-8-6-14/h2-11,13H,12,30H2,1H3,(H,33,37)(H2,32,35,36,38). The van der Waals surface area contributed by atoms with Gasteiger partial charge in [-0.05, 0) is 42.0 Å². The first-order valence-electron chi connectivity index (χ1n) is 11.9. The van der Waals surface area contributed by atoms with Gasteiger partial charge in [0.1, 0.15) is 33.1 Å². The van der Waals surface area contributed by atoms with Gasteiger partial charge < -0.3 is 21.1 Å². The Morgan fingerprint density at radius 3 is 2.61 bits per heavy atom. The van der Waals surface area contributed by atoms with Crippen LogP contribution >= 0.6 is 22.7 Å². The molecule has 208 valence electrons. The van der Waals surface area contributed by atoms with E-state index in [1.807, 2.05) is 0 Å². The summed E-state index contributed by atoms with van der Waals surface area (Å²) in [5.41, 5.74) is 7.15. The van der Waals surface area contributed by atoms with Crippen molar-refractivity contribution in [2.75, 3.05) is 23.5 Å². The van der Waals surface area contributed by atoms with Gasteiger partial charge in [0.15, 0.2) is 5.13 Å². The molecule has 3 aromatic heterocycles. The molecule has 0 radical (unpaired) electrons. The number of methoxy groups -OCH3 is 1. The van der Waals surface area contributed by atoms with E-state index in [9.17, 15) is 18.4 Å². The first-order chi connectivity index (χ1) is 19.8. The maximum Gasteiger partial charge on any atom is 0.321 e. The van der Waals surface area contributed by atoms with Gasteiger partial charge in [-0.15, -0.1) is 11.3 Å². The first kappa shape index (κ1) is 27.6. The van der Waals surface area contributed by atoms with Gasteiger partial charge in [-0.25, -0.2) is 23.5 Å². The predicted octanol–water partition coefficient (Wildman–Crippen LogP) is 5.77. The molecule has 3 amide bonds. The van der Waals surface area contributed by atoms with Crippen LogP contribution in [0.2, 0.25) is 0 Å². The fraction of sp³-hybridized carbons (Fsp3) is 0.0741. The van der Waals surface area contributed by atoms with Crippen molar-refractivity contribution in [3.05, 3.63) is 89.1 Å². The molecule has 14 heteroatoms. The zero-order chi connectivity index (χ0) is 28.9. The fourth-order valence-electron chi connectivity index (χ4n) is 3.66. The van der Waals surface area contributed by atoms with E-state index < -0.39 is 23.6 Å². The van der Waals surface area contributed by atoms with Crippen LogP contribution in [0, 0.1) is 11.6 Å². The van der Waals surface area contributed by atoms with Gasteiger partial charge in [-0.1, -0.05) is 17.4 Å². The Labute approximate surface area is 240 Å². The molecule has 0 saturated heterocycles. The van der Waals surface area contributed by atoms with E-state index in [1.54, 1.807) is 48.1 Å². The van der Waals surface area contributed by atoms with Gasteiger partial charge in [0.05, 0.1) is 18.5 Å². The van der Waals surface area contributed by atoms with Crippen LogP contribution in [-0.4, -0.2) is 34.0 Å². The molecule has 0 aliphatic rings. The minimum Gasteiger partial charge on any atom is -0.497 e. The highest BCUT2D eigenvalue weighted by Gasteiger charge is 2.20. The van der Waals surface area contributed by atoms with E-state index in [0.717, 1.165) is 16.9 Å². The van der Waals surface area contributed by atoms with Gasteiger partial charge in [0.25, 0.3) is 5.91 Å². The van der Waals surface area contributed by atoms with Crippen molar-refractivity contribution in [1.29, 1.82) is 0 Å². The number of pyridine rings is 1. The fourth-order valence-corrected chi connectivity index (χ4v) is 5.46. The Hall–Kier alpha value is -4.95. The molecule has 2 aromatic carbocycles. The summed E-state index contributed by atoms with van der Waals surface area (Å²) in [6.45, 7) is 0.295. The Morgan fingerprint density at radius 1 is 1.02 bits per heavy atom. The van der Waals surface area contributed by atoms with Crippen LogP contribution in [0.15, 0.2) is 66.3 Å². The summed E-state index contributed by atoms with van der Waals surface area (Å²) in [5.74, 6) is -1.81. The van der Waals surface area contributed by atoms with Crippen LogP contribution in [0.1, 0.15) is 15.9 Å². The smallest absolute Gasteiger partial charge is 0.321 e. The number of nitrogen functional groups attached to an aromatic ring is 1. The van der Waals surface area contributed by atoms with Gasteiger partial charge in [-0.3, -0.25) is 15.1 Å². The van der Waals surface area contributed by atoms with Crippen molar-refractivity contribution < 1.29 is 23.1 Å². The van der Waals surface area contributed by atoms with Crippen LogP contribution in [0.3, 0.4) is 0 Å². The molecular formula is C27H21F2N7O3S2. The van der Waals surface area contributed by atoms with Gasteiger partial charge in [0.2, 0.25) is 0 Å². The number of nitrogens with two attached hydrogens (primary N) is 1. The number of hydrogen-bond acceptors (Lipinski definition) is 9. The molecule has 10 nitrogen and oxygen atoms in total. The number of rotatable bonds is 8. The zero-order valence-corrected chi connectivity index (χ0v) is 22.9. The van der Waals surface area contributed by atoms with Crippen LogP contribution < -0.4 is 26.4 Å². The minimum absolute atomic E-state index is 0.0215. The molecule has 0 unspecified atom stereocenters. The van der Waals surface area contributed by atoms with Crippen molar-refractivity contribution in [2.24, 2.45) is 0 Å². The van der Waals surface area contributed by atoms with Crippen molar-refractivity contribution >= 4 is 51.2 Å². The Bertz CT molecular complexity index is 1730. The first-order valence-corrected chi connectivity index (χ1v) is 13.6. The molecule has 0 bridgehead atoms. The van der Waals surface area contributed by atoms with E-state index in [-0.39, 0.29) is 33.5 Å². The average molecular weight is 594 g/mol. The third-order valence-corrected chi connectivity index (χ3v) is 7.67. The number of amides is 3. The van der Waals surface area contributed by atoms with Crippen molar-refractivity contribution in [1.82, 2.24) is 20.3 Å². The minimum atomic E-state index is -0.942. The number of urea groups is 1. The molecule has 0 fully saturated rings. The molecule has 5 aromatic rings. The average Bonchev–Trinajstić information content (AvgIpc) is 3.60. The van der Waals surface area contributed by atoms with Gasteiger partial charge in [0, 0.05) is 41.5 Å². The van der Waals surface area contributed by atoms with E-state index in [2.05, 4.69) is 30.9 Å². The second-order valence-corrected chi connectivity index (χ2v) is 10.3. The highest BCUT2D eigenvalue weighted by Crippen LogP contribution is 2.39. The lowest BCUT2D eigenvalue weighted by molar-refractivity contribution is 0.102. The lowest BCUT2D eigenvalue weighted by atomic mass is 10.1. The summed E-state index contributed by atoms with van der Waals surface area (Å²) in [6, 6.07) is 11.3. The predicted molar refractivity (Wildman–Crippen MR) is 154 cm³/mol. The SMILES string of the molecule is COc1cccc(C(=O)Nc2cc(-c3csc(-c4sc(NC(=O)NCc5ccncc5)nc4N)n3)c(F)cc2F)c1. The summed E-state index contributed by atoms with van der Waals surface area (Å²) in [7, 11) is 1.46. The second-order valence-electron chi connectivity index (χ2n) is 8.43. The maximum absolute atomic E-state index is 14.8. The Balaban J connectivity index is 1.31. The second kappa shape index (κ2) is 12.1. The molecule has 0 saturated carbocycles. The molecule has 0 aliphatic heterocycles. The van der Waals surface area contributed by atoms with Crippen LogP contribution in [-0.2, 0) is 6.54 Å². The Morgan fingerprint density at radius 2 is 1.83 bits per heavy atom. The van der Waals surface area contributed by atoms with Crippen LogP contribution in [0.25, 0.3) is 21.1 Å². The van der Waals surface area contributed by atoms with Crippen molar-refractivity contribution in [3.63, 3.8) is 0 Å².